The van der Waals surface area contributed by atoms with E-state index in [1.54, 1.807) is 5.57 Å². The largest absolute Gasteiger partial charge is 0.509 e. The Hall–Kier alpha value is -1.54. The van der Waals surface area contributed by atoms with Gasteiger partial charge < -0.3 is 0 Å². The van der Waals surface area contributed by atoms with Gasteiger partial charge >= 0.3 is 5.66 Å². The lowest BCUT2D eigenvalue weighted by atomic mass is 9.74. The molecule has 1 fully saturated rings. The van der Waals surface area contributed by atoms with E-state index in [9.17, 15) is 0 Å². The van der Waals surface area contributed by atoms with Crippen molar-refractivity contribution in [2.24, 2.45) is 11.8 Å². The van der Waals surface area contributed by atoms with Gasteiger partial charge in [-0.1, -0.05) is 24.1 Å². The third-order valence-electron chi connectivity index (χ3n) is 4.92. The Bertz CT molecular complexity index is 484. The third kappa shape index (κ3) is 1.52. The summed E-state index contributed by atoms with van der Waals surface area (Å²) in [6, 6.07) is 0. The first kappa shape index (κ1) is 11.5. The molecule has 0 aromatic carbocycles. The molecule has 0 N–H and O–H groups in total. The molecule has 0 unspecified atom stereocenters. The normalized spacial score (nSPS) is 33.0. The summed E-state index contributed by atoms with van der Waals surface area (Å²) in [5, 5.41) is 0. The summed E-state index contributed by atoms with van der Waals surface area (Å²) in [7, 11) is 0. The van der Waals surface area contributed by atoms with Crippen molar-refractivity contribution in [1.82, 2.24) is 0 Å². The predicted molar refractivity (Wildman–Crippen MR) is 71.4 cm³/mol. The fraction of sp³-hybridized carbons (Fsp3) is 0.625. The van der Waals surface area contributed by atoms with Crippen LogP contribution in [0.5, 0.6) is 0 Å². The second-order valence-electron chi connectivity index (χ2n) is 5.72. The zero-order valence-corrected chi connectivity index (χ0v) is 10.7. The van der Waals surface area contributed by atoms with E-state index in [0.717, 1.165) is 18.4 Å². The number of hydrogen-bond donors (Lipinski definition) is 0. The fourth-order valence-electron chi connectivity index (χ4n) is 4.02. The molecule has 92 valence electrons. The molecule has 0 aliphatic heterocycles. The summed E-state index contributed by atoms with van der Waals surface area (Å²) in [5.74, 6) is 1.13. The lowest BCUT2D eigenvalue weighted by Crippen LogP contribution is -2.27. The highest BCUT2D eigenvalue weighted by Crippen LogP contribution is 2.51. The maximum Gasteiger partial charge on any atom is 0.509 e. The minimum atomic E-state index is -0.897. The van der Waals surface area contributed by atoms with Gasteiger partial charge in [-0.05, 0) is 38.0 Å². The fourth-order valence-corrected chi connectivity index (χ4v) is 4.02. The molecule has 3 aliphatic rings. The number of fused-ring (bicyclic) bond motifs is 3. The average molecular weight is 238 g/mol. The van der Waals surface area contributed by atoms with Gasteiger partial charge in [0, 0.05) is 5.92 Å². The van der Waals surface area contributed by atoms with Crippen LogP contribution in [0.1, 0.15) is 44.9 Å². The molecule has 3 aliphatic carbocycles. The van der Waals surface area contributed by atoms with E-state index in [1.165, 1.54) is 25.7 Å². The van der Waals surface area contributed by atoms with Crippen LogP contribution in [0.3, 0.4) is 0 Å². The number of rotatable bonds is 0. The maximum absolute atomic E-state index is 7.50. The van der Waals surface area contributed by atoms with Crippen LogP contribution in [0.4, 0.5) is 0 Å². The monoisotopic (exact) mass is 238 g/mol. The van der Waals surface area contributed by atoms with Crippen LogP contribution in [0.25, 0.3) is 9.69 Å². The highest BCUT2D eigenvalue weighted by atomic mass is 15.0. The average Bonchev–Trinajstić information content (AvgIpc) is 2.86. The van der Waals surface area contributed by atoms with Gasteiger partial charge in [0.25, 0.3) is 0 Å². The first-order valence-electron chi connectivity index (χ1n) is 6.97. The zero-order valence-electron chi connectivity index (χ0n) is 10.7. The third-order valence-corrected chi connectivity index (χ3v) is 4.92. The van der Waals surface area contributed by atoms with Gasteiger partial charge in [-0.25, -0.2) is 22.8 Å². The Kier molecular flexibility index (Phi) is 2.75. The molecule has 2 nitrogen and oxygen atoms in total. The zero-order chi connectivity index (χ0) is 12.6. The molecule has 0 spiro atoms. The van der Waals surface area contributed by atoms with E-state index >= 15 is 0 Å². The van der Waals surface area contributed by atoms with Crippen LogP contribution in [0, 0.1) is 25.0 Å². The van der Waals surface area contributed by atoms with Crippen LogP contribution >= 0.6 is 0 Å². The first-order chi connectivity index (χ1) is 8.80. The highest BCUT2D eigenvalue weighted by Gasteiger charge is 2.55. The molecule has 2 heteroatoms. The molecule has 0 bridgehead atoms. The minimum Gasteiger partial charge on any atom is -0.226 e. The summed E-state index contributed by atoms with van der Waals surface area (Å²) in [5.41, 5.74) is 1.81. The van der Waals surface area contributed by atoms with E-state index in [1.807, 2.05) is 0 Å². The van der Waals surface area contributed by atoms with Gasteiger partial charge in [0.1, 0.15) is 12.0 Å². The summed E-state index contributed by atoms with van der Waals surface area (Å²) < 4.78 is 0. The molecule has 1 saturated carbocycles. The standard InChI is InChI=1S/C16H18N2/c1-17-16(18-2)11-10-12-6-3-4-7-13(12)14-8-5-9-15(14)16/h9-10,13-14H,3-8,11H2/t13-,14+/m0/s1. The topological polar surface area (TPSA) is 8.72 Å². The molecule has 0 saturated heterocycles. The predicted octanol–water partition coefficient (Wildman–Crippen LogP) is 4.38. The van der Waals surface area contributed by atoms with E-state index < -0.39 is 5.66 Å². The Morgan fingerprint density at radius 2 is 1.89 bits per heavy atom. The van der Waals surface area contributed by atoms with Crippen molar-refractivity contribution in [3.05, 3.63) is 46.1 Å². The van der Waals surface area contributed by atoms with Gasteiger partial charge in [-0.15, -0.1) is 0 Å². The quantitative estimate of drug-likeness (QED) is 0.437. The molecule has 0 aromatic heterocycles. The van der Waals surface area contributed by atoms with Crippen molar-refractivity contribution in [1.29, 1.82) is 0 Å². The Labute approximate surface area is 109 Å². The summed E-state index contributed by atoms with van der Waals surface area (Å²) in [4.78, 5) is 7.48. The lowest BCUT2D eigenvalue weighted by molar-refractivity contribution is 0.344. The Morgan fingerprint density at radius 1 is 1.06 bits per heavy atom. The van der Waals surface area contributed by atoms with Crippen molar-refractivity contribution >= 4 is 0 Å². The molecule has 0 aromatic rings. The number of nitrogens with zero attached hydrogens (tertiary/aromatic N) is 2. The molecular formula is C16H18N2. The van der Waals surface area contributed by atoms with Crippen LogP contribution in [0.2, 0.25) is 0 Å². The highest BCUT2D eigenvalue weighted by molar-refractivity contribution is 5.40. The van der Waals surface area contributed by atoms with Gasteiger partial charge in [0.2, 0.25) is 0 Å². The Balaban J connectivity index is 2.07. The molecule has 0 heterocycles. The number of hydrogen-bond acceptors (Lipinski definition) is 0. The lowest BCUT2D eigenvalue weighted by Gasteiger charge is -2.30. The molecule has 18 heavy (non-hydrogen) atoms. The Morgan fingerprint density at radius 3 is 2.67 bits per heavy atom. The van der Waals surface area contributed by atoms with E-state index in [0.29, 0.717) is 18.3 Å². The molecule has 2 atom stereocenters. The maximum atomic E-state index is 7.50. The van der Waals surface area contributed by atoms with Gasteiger partial charge in [0.15, 0.2) is 0 Å². The molecule has 3 rings (SSSR count). The van der Waals surface area contributed by atoms with Crippen LogP contribution in [-0.4, -0.2) is 5.66 Å². The van der Waals surface area contributed by atoms with Crippen molar-refractivity contribution < 1.29 is 0 Å². The van der Waals surface area contributed by atoms with Crippen LogP contribution < -0.4 is 0 Å². The molecule has 0 amide bonds. The SMILES string of the molecule is [C-]#[N+]C1([N+]#[C-])CC=C2CCCC[C@@H]2[C@H]2CCC=C21. The summed E-state index contributed by atoms with van der Waals surface area (Å²) in [6.45, 7) is 15.0. The van der Waals surface area contributed by atoms with Crippen molar-refractivity contribution in [3.63, 3.8) is 0 Å². The number of allylic oxidation sites excluding steroid dienone is 2. The molecular weight excluding hydrogens is 220 g/mol. The summed E-state index contributed by atoms with van der Waals surface area (Å²) in [6.07, 6.45) is 12.3. The van der Waals surface area contributed by atoms with E-state index in [-0.39, 0.29) is 0 Å². The second kappa shape index (κ2) is 4.29. The van der Waals surface area contributed by atoms with Gasteiger partial charge in [-0.3, -0.25) is 0 Å². The second-order valence-corrected chi connectivity index (χ2v) is 5.72. The van der Waals surface area contributed by atoms with E-state index in [2.05, 4.69) is 21.8 Å². The van der Waals surface area contributed by atoms with Crippen molar-refractivity contribution in [2.45, 2.75) is 50.6 Å². The smallest absolute Gasteiger partial charge is 0.226 e. The van der Waals surface area contributed by atoms with Crippen molar-refractivity contribution in [3.8, 4) is 0 Å². The summed E-state index contributed by atoms with van der Waals surface area (Å²) >= 11 is 0. The first-order valence-corrected chi connectivity index (χ1v) is 6.97. The van der Waals surface area contributed by atoms with Crippen molar-refractivity contribution in [2.75, 3.05) is 0 Å². The molecule has 0 radical (unpaired) electrons. The van der Waals surface area contributed by atoms with Crippen LogP contribution in [0.15, 0.2) is 23.3 Å². The minimum absolute atomic E-state index is 0.488. The van der Waals surface area contributed by atoms with Crippen LogP contribution in [-0.2, 0) is 0 Å². The van der Waals surface area contributed by atoms with Gasteiger partial charge in [0.05, 0.1) is 0 Å². The van der Waals surface area contributed by atoms with Gasteiger partial charge in [-0.2, -0.15) is 0 Å². The van der Waals surface area contributed by atoms with E-state index in [4.69, 9.17) is 13.1 Å².